The van der Waals surface area contributed by atoms with Crippen molar-refractivity contribution >= 4 is 5.82 Å². The fraction of sp³-hybridized carbons (Fsp3) is 0.706. The highest BCUT2D eigenvalue weighted by Crippen LogP contribution is 2.20. The van der Waals surface area contributed by atoms with Crippen LogP contribution in [0.1, 0.15) is 40.0 Å². The molecule has 118 valence electrons. The Bertz CT molecular complexity index is 413. The summed E-state index contributed by atoms with van der Waals surface area (Å²) >= 11 is 0. The molecule has 1 aliphatic heterocycles. The second kappa shape index (κ2) is 7.23. The van der Waals surface area contributed by atoms with Crippen LogP contribution >= 0.6 is 0 Å². The van der Waals surface area contributed by atoms with Crippen LogP contribution in [-0.2, 0) is 4.74 Å². The van der Waals surface area contributed by atoms with Gasteiger partial charge in [0, 0.05) is 38.5 Å². The van der Waals surface area contributed by atoms with E-state index in [1.165, 1.54) is 12.8 Å². The Morgan fingerprint density at radius 3 is 2.67 bits per heavy atom. The maximum absolute atomic E-state index is 5.52. The number of hydrogen-bond donors (Lipinski definition) is 1. The Morgan fingerprint density at radius 2 is 2.10 bits per heavy atom. The van der Waals surface area contributed by atoms with Crippen LogP contribution in [-0.4, -0.2) is 42.9 Å². The average Bonchev–Trinajstić information content (AvgIpc) is 2.48. The number of anilines is 1. The van der Waals surface area contributed by atoms with Crippen molar-refractivity contribution in [1.82, 2.24) is 10.3 Å². The average molecular weight is 291 g/mol. The third-order valence-corrected chi connectivity index (χ3v) is 4.34. The van der Waals surface area contributed by atoms with Crippen molar-refractivity contribution in [1.29, 1.82) is 0 Å². The van der Waals surface area contributed by atoms with E-state index in [0.717, 1.165) is 25.3 Å². The van der Waals surface area contributed by atoms with Crippen LogP contribution in [0.5, 0.6) is 0 Å². The van der Waals surface area contributed by atoms with Crippen molar-refractivity contribution in [2.45, 2.75) is 57.7 Å². The van der Waals surface area contributed by atoms with Gasteiger partial charge in [0.25, 0.3) is 0 Å². The third-order valence-electron chi connectivity index (χ3n) is 4.34. The number of hydrogen-bond acceptors (Lipinski definition) is 4. The zero-order valence-corrected chi connectivity index (χ0v) is 13.8. The maximum Gasteiger partial charge on any atom is 0.128 e. The molecule has 1 aromatic rings. The molecule has 0 bridgehead atoms. The Balaban J connectivity index is 1.77. The number of piperidine rings is 1. The summed E-state index contributed by atoms with van der Waals surface area (Å²) in [6.07, 6.45) is 5.25. The van der Waals surface area contributed by atoms with Gasteiger partial charge in [-0.3, -0.25) is 0 Å². The molecule has 4 heteroatoms. The Hall–Kier alpha value is -1.13. The Labute approximate surface area is 128 Å². The third kappa shape index (κ3) is 4.97. The number of rotatable bonds is 6. The van der Waals surface area contributed by atoms with Gasteiger partial charge in [0.1, 0.15) is 5.82 Å². The van der Waals surface area contributed by atoms with Gasteiger partial charge in [-0.25, -0.2) is 4.98 Å². The molecule has 1 atom stereocenters. The van der Waals surface area contributed by atoms with Gasteiger partial charge in [-0.2, -0.15) is 0 Å². The highest BCUT2D eigenvalue weighted by Gasteiger charge is 2.24. The summed E-state index contributed by atoms with van der Waals surface area (Å²) in [5, 5.41) is 3.75. The summed E-state index contributed by atoms with van der Waals surface area (Å²) < 4.78 is 5.52. The van der Waals surface area contributed by atoms with Gasteiger partial charge in [0.2, 0.25) is 0 Å². The topological polar surface area (TPSA) is 37.4 Å². The molecule has 0 aromatic carbocycles. The van der Waals surface area contributed by atoms with E-state index in [1.54, 1.807) is 7.11 Å². The van der Waals surface area contributed by atoms with E-state index in [1.807, 2.05) is 12.3 Å². The standard InChI is InChI=1S/C17H29N3O/c1-14(13-17(2,3)21-4)19-15-8-11-20(12-9-15)16-7-5-6-10-18-16/h5-7,10,14-15,19H,8-9,11-13H2,1-4H3. The van der Waals surface area contributed by atoms with E-state index >= 15 is 0 Å². The molecule has 2 heterocycles. The molecular weight excluding hydrogens is 262 g/mol. The lowest BCUT2D eigenvalue weighted by atomic mass is 9.97. The van der Waals surface area contributed by atoms with Crippen molar-refractivity contribution in [3.05, 3.63) is 24.4 Å². The molecule has 1 saturated heterocycles. The summed E-state index contributed by atoms with van der Waals surface area (Å²) in [4.78, 5) is 6.81. The molecule has 1 unspecified atom stereocenters. The lowest BCUT2D eigenvalue weighted by Crippen LogP contribution is -2.47. The largest absolute Gasteiger partial charge is 0.379 e. The van der Waals surface area contributed by atoms with E-state index in [0.29, 0.717) is 12.1 Å². The van der Waals surface area contributed by atoms with Gasteiger partial charge in [-0.1, -0.05) is 6.07 Å². The zero-order chi connectivity index (χ0) is 15.3. The summed E-state index contributed by atoms with van der Waals surface area (Å²) in [6, 6.07) is 7.20. The molecule has 4 nitrogen and oxygen atoms in total. The predicted octanol–water partition coefficient (Wildman–Crippen LogP) is 2.84. The summed E-state index contributed by atoms with van der Waals surface area (Å²) in [7, 11) is 1.79. The highest BCUT2D eigenvalue weighted by molar-refractivity contribution is 5.38. The monoisotopic (exact) mass is 291 g/mol. The fourth-order valence-corrected chi connectivity index (χ4v) is 3.10. The van der Waals surface area contributed by atoms with Crippen LogP contribution in [0.15, 0.2) is 24.4 Å². The smallest absolute Gasteiger partial charge is 0.128 e. The first-order valence-electron chi connectivity index (χ1n) is 7.97. The first-order chi connectivity index (χ1) is 10.00. The minimum absolute atomic E-state index is 0.0545. The minimum atomic E-state index is -0.0545. The lowest BCUT2D eigenvalue weighted by molar-refractivity contribution is 0.00744. The quantitative estimate of drug-likeness (QED) is 0.874. The molecular formula is C17H29N3O. The van der Waals surface area contributed by atoms with E-state index in [2.05, 4.69) is 48.1 Å². The van der Waals surface area contributed by atoms with E-state index < -0.39 is 0 Å². The number of aromatic nitrogens is 1. The van der Waals surface area contributed by atoms with Gasteiger partial charge >= 0.3 is 0 Å². The van der Waals surface area contributed by atoms with Crippen molar-refractivity contribution in [2.24, 2.45) is 0 Å². The molecule has 1 fully saturated rings. The Kier molecular flexibility index (Phi) is 5.59. The zero-order valence-electron chi connectivity index (χ0n) is 13.8. The summed E-state index contributed by atoms with van der Waals surface area (Å²) in [6.45, 7) is 8.71. The molecule has 21 heavy (non-hydrogen) atoms. The Morgan fingerprint density at radius 1 is 1.38 bits per heavy atom. The van der Waals surface area contributed by atoms with Crippen LogP contribution < -0.4 is 10.2 Å². The van der Waals surface area contributed by atoms with Gasteiger partial charge in [-0.15, -0.1) is 0 Å². The molecule has 0 amide bonds. The fourth-order valence-electron chi connectivity index (χ4n) is 3.10. The van der Waals surface area contributed by atoms with Crippen LogP contribution in [0.4, 0.5) is 5.82 Å². The normalized spacial score (nSPS) is 18.8. The molecule has 0 saturated carbocycles. The number of nitrogens with one attached hydrogen (secondary N) is 1. The first-order valence-corrected chi connectivity index (χ1v) is 7.97. The number of methoxy groups -OCH3 is 1. The van der Waals surface area contributed by atoms with Gasteiger partial charge in [0.05, 0.1) is 5.60 Å². The van der Waals surface area contributed by atoms with Crippen molar-refractivity contribution in [2.75, 3.05) is 25.1 Å². The second-order valence-corrected chi connectivity index (χ2v) is 6.68. The molecule has 1 N–H and O–H groups in total. The summed E-state index contributed by atoms with van der Waals surface area (Å²) in [5.41, 5.74) is -0.0545. The molecule has 1 aromatic heterocycles. The van der Waals surface area contributed by atoms with Gasteiger partial charge in [-0.05, 0) is 52.2 Å². The maximum atomic E-state index is 5.52. The van der Waals surface area contributed by atoms with Crippen LogP contribution in [0, 0.1) is 0 Å². The van der Waals surface area contributed by atoms with Gasteiger partial charge in [0.15, 0.2) is 0 Å². The number of pyridine rings is 1. The number of ether oxygens (including phenoxy) is 1. The lowest BCUT2D eigenvalue weighted by Gasteiger charge is -2.36. The molecule has 0 spiro atoms. The van der Waals surface area contributed by atoms with Crippen molar-refractivity contribution < 1.29 is 4.74 Å². The second-order valence-electron chi connectivity index (χ2n) is 6.68. The highest BCUT2D eigenvalue weighted by atomic mass is 16.5. The van der Waals surface area contributed by atoms with Crippen LogP contribution in [0.25, 0.3) is 0 Å². The molecule has 0 aliphatic carbocycles. The molecule has 2 rings (SSSR count). The van der Waals surface area contributed by atoms with Crippen LogP contribution in [0.2, 0.25) is 0 Å². The number of nitrogens with zero attached hydrogens (tertiary/aromatic N) is 2. The minimum Gasteiger partial charge on any atom is -0.379 e. The van der Waals surface area contributed by atoms with Crippen LogP contribution in [0.3, 0.4) is 0 Å². The predicted molar refractivity (Wildman–Crippen MR) is 87.8 cm³/mol. The first kappa shape index (κ1) is 16.2. The van der Waals surface area contributed by atoms with E-state index in [-0.39, 0.29) is 5.60 Å². The van der Waals surface area contributed by atoms with E-state index in [4.69, 9.17) is 4.74 Å². The van der Waals surface area contributed by atoms with Crippen molar-refractivity contribution in [3.8, 4) is 0 Å². The molecule has 1 aliphatic rings. The SMILES string of the molecule is COC(C)(C)CC(C)NC1CCN(c2ccccn2)CC1. The van der Waals surface area contributed by atoms with Gasteiger partial charge < -0.3 is 15.0 Å². The van der Waals surface area contributed by atoms with E-state index in [9.17, 15) is 0 Å². The molecule has 0 radical (unpaired) electrons. The summed E-state index contributed by atoms with van der Waals surface area (Å²) in [5.74, 6) is 1.10. The van der Waals surface area contributed by atoms with Crippen molar-refractivity contribution in [3.63, 3.8) is 0 Å².